The lowest BCUT2D eigenvalue weighted by atomic mass is 10.1. The highest BCUT2D eigenvalue weighted by molar-refractivity contribution is 8.01. The predicted molar refractivity (Wildman–Crippen MR) is 101 cm³/mol. The molecule has 132 valence electrons. The number of thioether (sulfide) groups is 1. The Hall–Kier alpha value is -2.35. The van der Waals surface area contributed by atoms with E-state index in [0.29, 0.717) is 20.2 Å². The maximum Gasteiger partial charge on any atom is 0.210 e. The zero-order chi connectivity index (χ0) is 18.5. The number of aromatic nitrogens is 3. The summed E-state index contributed by atoms with van der Waals surface area (Å²) in [5.74, 6) is -1.33. The molecular formula is C16H12FN5OS3. The lowest BCUT2D eigenvalue weighted by Crippen LogP contribution is -2.13. The molecule has 0 unspecified atom stereocenters. The number of ketones is 1. The SMILES string of the molecule is Cc1csc([C@H](C#N)C(=O)CSc2nnc(Nc3cccc(F)c3)s2)n1. The van der Waals surface area contributed by atoms with Gasteiger partial charge in [0.1, 0.15) is 10.8 Å². The number of rotatable bonds is 7. The molecule has 0 bridgehead atoms. The summed E-state index contributed by atoms with van der Waals surface area (Å²) in [5.41, 5.74) is 1.36. The highest BCUT2D eigenvalue weighted by Gasteiger charge is 2.23. The average Bonchev–Trinajstić information content (AvgIpc) is 3.23. The molecule has 0 spiro atoms. The van der Waals surface area contributed by atoms with Gasteiger partial charge < -0.3 is 5.32 Å². The van der Waals surface area contributed by atoms with Crippen molar-refractivity contribution in [3.05, 3.63) is 46.2 Å². The number of hydrogen-bond acceptors (Lipinski definition) is 9. The van der Waals surface area contributed by atoms with Crippen LogP contribution in [0, 0.1) is 24.1 Å². The number of nitrogens with one attached hydrogen (secondary N) is 1. The molecule has 0 fully saturated rings. The molecule has 1 N–H and O–H groups in total. The minimum atomic E-state index is -0.862. The molecule has 2 aromatic heterocycles. The third kappa shape index (κ3) is 4.63. The maximum absolute atomic E-state index is 13.2. The Balaban J connectivity index is 1.59. The number of halogens is 1. The van der Waals surface area contributed by atoms with Crippen LogP contribution in [0.1, 0.15) is 16.6 Å². The van der Waals surface area contributed by atoms with Crippen LogP contribution in [0.4, 0.5) is 15.2 Å². The highest BCUT2D eigenvalue weighted by atomic mass is 32.2. The Morgan fingerprint density at radius 2 is 2.31 bits per heavy atom. The summed E-state index contributed by atoms with van der Waals surface area (Å²) >= 11 is 3.78. The van der Waals surface area contributed by atoms with Crippen LogP contribution in [0.2, 0.25) is 0 Å². The van der Waals surface area contributed by atoms with E-state index in [2.05, 4.69) is 20.5 Å². The first-order valence-electron chi connectivity index (χ1n) is 7.38. The van der Waals surface area contributed by atoms with E-state index in [1.165, 1.54) is 46.6 Å². The number of hydrogen-bond donors (Lipinski definition) is 1. The number of carbonyl (C=O) groups excluding carboxylic acids is 1. The molecule has 0 aliphatic carbocycles. The maximum atomic E-state index is 13.2. The molecule has 3 aromatic rings. The van der Waals surface area contributed by atoms with Crippen LogP contribution in [-0.2, 0) is 4.79 Å². The third-order valence-corrected chi connectivity index (χ3v) is 6.18. The minimum absolute atomic E-state index is 0.103. The van der Waals surface area contributed by atoms with Gasteiger partial charge in [-0.15, -0.1) is 21.5 Å². The van der Waals surface area contributed by atoms with Gasteiger partial charge in [-0.05, 0) is 25.1 Å². The molecule has 26 heavy (non-hydrogen) atoms. The van der Waals surface area contributed by atoms with Gasteiger partial charge in [-0.25, -0.2) is 9.37 Å². The number of Topliss-reactive ketones (excluding diaryl/α,β-unsaturated/α-hetero) is 1. The van der Waals surface area contributed by atoms with E-state index >= 15 is 0 Å². The number of benzene rings is 1. The van der Waals surface area contributed by atoms with Crippen LogP contribution in [0.15, 0.2) is 34.0 Å². The summed E-state index contributed by atoms with van der Waals surface area (Å²) < 4.78 is 13.8. The Kier molecular flexibility index (Phi) is 5.92. The monoisotopic (exact) mass is 405 g/mol. The van der Waals surface area contributed by atoms with Crippen molar-refractivity contribution in [2.75, 3.05) is 11.1 Å². The van der Waals surface area contributed by atoms with E-state index in [-0.39, 0.29) is 17.4 Å². The molecule has 0 saturated heterocycles. The van der Waals surface area contributed by atoms with Crippen molar-refractivity contribution >= 4 is 51.0 Å². The van der Waals surface area contributed by atoms with Gasteiger partial charge in [-0.3, -0.25) is 4.79 Å². The van der Waals surface area contributed by atoms with Gasteiger partial charge in [0.05, 0.1) is 11.8 Å². The normalized spacial score (nSPS) is 11.7. The van der Waals surface area contributed by atoms with Gasteiger partial charge >= 0.3 is 0 Å². The molecule has 0 saturated carbocycles. The standard InChI is InChI=1S/C16H12FN5OS3/c1-9-7-24-14(19-9)12(6-18)13(23)8-25-16-22-21-15(26-16)20-11-4-2-3-10(17)5-11/h2-5,7,12H,8H2,1H3,(H,20,21)/t12-/m1/s1. The van der Waals surface area contributed by atoms with Crippen LogP contribution >= 0.6 is 34.4 Å². The molecule has 0 radical (unpaired) electrons. The van der Waals surface area contributed by atoms with E-state index in [0.717, 1.165) is 5.69 Å². The van der Waals surface area contributed by atoms with E-state index < -0.39 is 5.92 Å². The van der Waals surface area contributed by atoms with Crippen molar-refractivity contribution in [3.8, 4) is 6.07 Å². The molecule has 6 nitrogen and oxygen atoms in total. The Labute approximate surface area is 161 Å². The summed E-state index contributed by atoms with van der Waals surface area (Å²) in [6.45, 7) is 1.82. The number of nitrogens with zero attached hydrogens (tertiary/aromatic N) is 4. The van der Waals surface area contributed by atoms with Gasteiger partial charge in [0.15, 0.2) is 16.0 Å². The average molecular weight is 406 g/mol. The summed E-state index contributed by atoms with van der Waals surface area (Å²) in [6.07, 6.45) is 0. The highest BCUT2D eigenvalue weighted by Crippen LogP contribution is 2.29. The van der Waals surface area contributed by atoms with Crippen molar-refractivity contribution in [1.82, 2.24) is 15.2 Å². The number of aryl methyl sites for hydroxylation is 1. The second kappa shape index (κ2) is 8.35. The molecule has 0 aliphatic heterocycles. The Morgan fingerprint density at radius 1 is 1.46 bits per heavy atom. The van der Waals surface area contributed by atoms with Crippen LogP contribution in [0.5, 0.6) is 0 Å². The van der Waals surface area contributed by atoms with Crippen molar-refractivity contribution in [2.24, 2.45) is 0 Å². The summed E-state index contributed by atoms with van der Waals surface area (Å²) in [6, 6.07) is 8.03. The first-order valence-corrected chi connectivity index (χ1v) is 10.1. The number of thiazole rings is 1. The molecule has 1 aromatic carbocycles. The summed E-state index contributed by atoms with van der Waals surface area (Å²) in [5, 5.41) is 23.0. The molecule has 3 rings (SSSR count). The molecule has 10 heteroatoms. The quantitative estimate of drug-likeness (QED) is 0.590. The molecule has 1 atom stereocenters. The minimum Gasteiger partial charge on any atom is -0.330 e. The van der Waals surface area contributed by atoms with Gasteiger partial charge in [0.2, 0.25) is 5.13 Å². The van der Waals surface area contributed by atoms with Crippen LogP contribution in [-0.4, -0.2) is 26.7 Å². The zero-order valence-electron chi connectivity index (χ0n) is 13.5. The second-order valence-electron chi connectivity index (χ2n) is 5.15. The number of nitriles is 1. The van der Waals surface area contributed by atoms with Crippen molar-refractivity contribution in [1.29, 1.82) is 5.26 Å². The Bertz CT molecular complexity index is 965. The predicted octanol–water partition coefficient (Wildman–Crippen LogP) is 4.15. The van der Waals surface area contributed by atoms with Crippen molar-refractivity contribution in [3.63, 3.8) is 0 Å². The lowest BCUT2D eigenvalue weighted by Gasteiger charge is -2.03. The smallest absolute Gasteiger partial charge is 0.210 e. The molecule has 2 heterocycles. The fourth-order valence-electron chi connectivity index (χ4n) is 1.99. The fourth-order valence-corrected chi connectivity index (χ4v) is 4.53. The lowest BCUT2D eigenvalue weighted by molar-refractivity contribution is -0.116. The summed E-state index contributed by atoms with van der Waals surface area (Å²) in [7, 11) is 0. The van der Waals surface area contributed by atoms with Crippen LogP contribution in [0.25, 0.3) is 0 Å². The van der Waals surface area contributed by atoms with E-state index in [9.17, 15) is 14.4 Å². The molecule has 0 aliphatic rings. The fraction of sp³-hybridized carbons (Fsp3) is 0.188. The van der Waals surface area contributed by atoms with Crippen molar-refractivity contribution < 1.29 is 9.18 Å². The van der Waals surface area contributed by atoms with Gasteiger partial charge in [-0.1, -0.05) is 29.2 Å². The van der Waals surface area contributed by atoms with E-state index in [1.807, 2.05) is 18.4 Å². The number of carbonyl (C=O) groups is 1. The molecular weight excluding hydrogens is 393 g/mol. The van der Waals surface area contributed by atoms with Gasteiger partial charge in [0.25, 0.3) is 0 Å². The van der Waals surface area contributed by atoms with Gasteiger partial charge in [0, 0.05) is 16.8 Å². The molecule has 0 amide bonds. The first-order chi connectivity index (χ1) is 12.5. The Morgan fingerprint density at radius 3 is 3.00 bits per heavy atom. The van der Waals surface area contributed by atoms with Gasteiger partial charge in [-0.2, -0.15) is 5.26 Å². The van der Waals surface area contributed by atoms with Crippen LogP contribution < -0.4 is 5.32 Å². The first kappa shape index (κ1) is 18.4. The summed E-state index contributed by atoms with van der Waals surface area (Å²) in [4.78, 5) is 16.5. The van der Waals surface area contributed by atoms with E-state index in [1.54, 1.807) is 12.1 Å². The zero-order valence-corrected chi connectivity index (χ0v) is 15.9. The third-order valence-electron chi connectivity index (χ3n) is 3.16. The van der Waals surface area contributed by atoms with E-state index in [4.69, 9.17) is 0 Å². The topological polar surface area (TPSA) is 91.6 Å². The second-order valence-corrected chi connectivity index (χ2v) is 8.24. The largest absolute Gasteiger partial charge is 0.330 e. The number of anilines is 2. The van der Waals surface area contributed by atoms with Crippen LogP contribution in [0.3, 0.4) is 0 Å². The van der Waals surface area contributed by atoms with Crippen molar-refractivity contribution in [2.45, 2.75) is 17.2 Å².